The Hall–Kier alpha value is -1.88. The van der Waals surface area contributed by atoms with Crippen molar-refractivity contribution in [2.45, 2.75) is 50.8 Å². The van der Waals surface area contributed by atoms with Crippen LogP contribution in [0.4, 0.5) is 0 Å². The number of aliphatic hydroxyl groups is 1. The van der Waals surface area contributed by atoms with Gasteiger partial charge in [-0.15, -0.1) is 0 Å². The second kappa shape index (κ2) is 6.71. The first-order valence-corrected chi connectivity index (χ1v) is 8.38. The summed E-state index contributed by atoms with van der Waals surface area (Å²) in [7, 11) is 0. The summed E-state index contributed by atoms with van der Waals surface area (Å²) in [5.74, 6) is -0.173. The average molecular weight is 316 g/mol. The Bertz CT molecular complexity index is 571. The van der Waals surface area contributed by atoms with Gasteiger partial charge in [0.05, 0.1) is 0 Å². The first-order chi connectivity index (χ1) is 11.1. The van der Waals surface area contributed by atoms with Gasteiger partial charge in [0.25, 0.3) is 5.91 Å². The normalized spacial score (nSPS) is 22.0. The van der Waals surface area contributed by atoms with Crippen LogP contribution in [-0.4, -0.2) is 51.9 Å². The third-order valence-electron chi connectivity index (χ3n) is 4.81. The number of aliphatic hydroxyl groups excluding tert-OH is 1. The van der Waals surface area contributed by atoms with Gasteiger partial charge >= 0.3 is 0 Å². The number of carbonyl (C=O) groups is 2. The van der Waals surface area contributed by atoms with E-state index in [-0.39, 0.29) is 17.9 Å². The highest BCUT2D eigenvalue weighted by Crippen LogP contribution is 2.30. The van der Waals surface area contributed by atoms with Crippen LogP contribution in [0.2, 0.25) is 0 Å². The van der Waals surface area contributed by atoms with Gasteiger partial charge in [-0.25, -0.2) is 0 Å². The molecule has 2 amide bonds. The number of rotatable bonds is 5. The van der Waals surface area contributed by atoms with E-state index in [1.54, 1.807) is 24.0 Å². The summed E-state index contributed by atoms with van der Waals surface area (Å²) in [6.45, 7) is 2.84. The Balaban J connectivity index is 1.68. The maximum Gasteiger partial charge on any atom is 0.256 e. The largest absolute Gasteiger partial charge is 0.378 e. The summed E-state index contributed by atoms with van der Waals surface area (Å²) in [5, 5.41) is 10.4. The molecule has 5 nitrogen and oxygen atoms in total. The van der Waals surface area contributed by atoms with Crippen molar-refractivity contribution in [2.75, 3.05) is 13.1 Å². The zero-order valence-corrected chi connectivity index (χ0v) is 13.5. The summed E-state index contributed by atoms with van der Waals surface area (Å²) >= 11 is 0. The molecular formula is C18H24N2O3. The van der Waals surface area contributed by atoms with Crippen LogP contribution in [0.1, 0.15) is 44.3 Å². The fourth-order valence-electron chi connectivity index (χ4n) is 3.40. The molecule has 3 rings (SSSR count). The van der Waals surface area contributed by atoms with Crippen molar-refractivity contribution in [2.24, 2.45) is 0 Å². The van der Waals surface area contributed by atoms with Crippen LogP contribution >= 0.6 is 0 Å². The van der Waals surface area contributed by atoms with E-state index in [9.17, 15) is 14.7 Å². The number of carbonyl (C=O) groups excluding carboxylic acids is 2. The topological polar surface area (TPSA) is 60.9 Å². The van der Waals surface area contributed by atoms with Crippen molar-refractivity contribution in [3.63, 3.8) is 0 Å². The minimum atomic E-state index is -1.12. The molecule has 23 heavy (non-hydrogen) atoms. The predicted octanol–water partition coefficient (Wildman–Crippen LogP) is 1.72. The lowest BCUT2D eigenvalue weighted by Gasteiger charge is -2.31. The fourth-order valence-corrected chi connectivity index (χ4v) is 3.40. The monoisotopic (exact) mass is 316 g/mol. The van der Waals surface area contributed by atoms with Gasteiger partial charge in [0.15, 0.2) is 6.10 Å². The molecule has 1 N–H and O–H groups in total. The Kier molecular flexibility index (Phi) is 4.66. The Morgan fingerprint density at radius 2 is 1.96 bits per heavy atom. The molecule has 2 fully saturated rings. The molecule has 5 heteroatoms. The number of hydrogen-bond acceptors (Lipinski definition) is 3. The molecule has 2 atom stereocenters. The van der Waals surface area contributed by atoms with Crippen molar-refractivity contribution >= 4 is 11.8 Å². The molecule has 0 bridgehead atoms. The Labute approximate surface area is 136 Å². The molecule has 1 aliphatic carbocycles. The van der Waals surface area contributed by atoms with E-state index >= 15 is 0 Å². The molecule has 1 aromatic carbocycles. The zero-order chi connectivity index (χ0) is 16.4. The van der Waals surface area contributed by atoms with Crippen LogP contribution in [0, 0.1) is 0 Å². The van der Waals surface area contributed by atoms with E-state index < -0.39 is 6.10 Å². The summed E-state index contributed by atoms with van der Waals surface area (Å²) in [6, 6.07) is 9.39. The first kappa shape index (κ1) is 16.0. The zero-order valence-electron chi connectivity index (χ0n) is 13.5. The first-order valence-electron chi connectivity index (χ1n) is 8.38. The standard InChI is InChI=1S/C18H24N2O3/c1-13(21)20(15-9-10-15)12-16-8-5-11-19(16)18(23)17(22)14-6-3-2-4-7-14/h2-4,6-7,15-17,22H,5,8-12H2,1H3/t16?,17-/m1/s1. The number of amides is 2. The average Bonchev–Trinajstić information content (AvgIpc) is 3.29. The quantitative estimate of drug-likeness (QED) is 0.900. The number of benzene rings is 1. The minimum absolute atomic E-state index is 0.0189. The number of hydrogen-bond donors (Lipinski definition) is 1. The third kappa shape index (κ3) is 3.55. The second-order valence-electron chi connectivity index (χ2n) is 6.54. The molecular weight excluding hydrogens is 292 g/mol. The van der Waals surface area contributed by atoms with E-state index in [1.807, 2.05) is 23.1 Å². The molecule has 0 aromatic heterocycles. The van der Waals surface area contributed by atoms with Gasteiger partial charge in [0.2, 0.25) is 5.91 Å². The molecule has 2 aliphatic rings. The van der Waals surface area contributed by atoms with Gasteiger partial charge in [-0.3, -0.25) is 9.59 Å². The molecule has 1 saturated heterocycles. The van der Waals surface area contributed by atoms with Crippen molar-refractivity contribution in [3.05, 3.63) is 35.9 Å². The number of likely N-dealkylation sites (tertiary alicyclic amines) is 1. The van der Waals surface area contributed by atoms with E-state index in [0.717, 1.165) is 25.7 Å². The highest BCUT2D eigenvalue weighted by atomic mass is 16.3. The minimum Gasteiger partial charge on any atom is -0.378 e. The van der Waals surface area contributed by atoms with E-state index in [4.69, 9.17) is 0 Å². The van der Waals surface area contributed by atoms with Gasteiger partial charge in [-0.05, 0) is 31.2 Å². The maximum absolute atomic E-state index is 12.7. The van der Waals surface area contributed by atoms with E-state index in [2.05, 4.69) is 0 Å². The van der Waals surface area contributed by atoms with Crippen molar-refractivity contribution in [3.8, 4) is 0 Å². The number of nitrogens with zero attached hydrogens (tertiary/aromatic N) is 2. The van der Waals surface area contributed by atoms with Gasteiger partial charge in [-0.1, -0.05) is 30.3 Å². The van der Waals surface area contributed by atoms with Gasteiger partial charge in [0, 0.05) is 32.1 Å². The lowest BCUT2D eigenvalue weighted by atomic mass is 10.1. The van der Waals surface area contributed by atoms with E-state index in [0.29, 0.717) is 24.7 Å². The fraction of sp³-hybridized carbons (Fsp3) is 0.556. The lowest BCUT2D eigenvalue weighted by Crippen LogP contribution is -2.46. The van der Waals surface area contributed by atoms with Gasteiger partial charge in [-0.2, -0.15) is 0 Å². The Morgan fingerprint density at radius 1 is 1.26 bits per heavy atom. The van der Waals surface area contributed by atoms with Crippen molar-refractivity contribution in [1.29, 1.82) is 0 Å². The van der Waals surface area contributed by atoms with Crippen LogP contribution in [0.15, 0.2) is 30.3 Å². The molecule has 1 heterocycles. The highest BCUT2D eigenvalue weighted by Gasteiger charge is 2.38. The van der Waals surface area contributed by atoms with Crippen LogP contribution in [0.5, 0.6) is 0 Å². The molecule has 0 spiro atoms. The third-order valence-corrected chi connectivity index (χ3v) is 4.81. The van der Waals surface area contributed by atoms with Crippen molar-refractivity contribution < 1.29 is 14.7 Å². The summed E-state index contributed by atoms with van der Waals surface area (Å²) in [5.41, 5.74) is 0.619. The summed E-state index contributed by atoms with van der Waals surface area (Å²) < 4.78 is 0. The predicted molar refractivity (Wildman–Crippen MR) is 86.5 cm³/mol. The molecule has 0 radical (unpaired) electrons. The van der Waals surface area contributed by atoms with Crippen molar-refractivity contribution in [1.82, 2.24) is 9.80 Å². The van der Waals surface area contributed by atoms with Gasteiger partial charge < -0.3 is 14.9 Å². The SMILES string of the molecule is CC(=O)N(CC1CCCN1C(=O)[C@H](O)c1ccccc1)C1CC1. The van der Waals surface area contributed by atoms with Crippen LogP contribution in [0.3, 0.4) is 0 Å². The van der Waals surface area contributed by atoms with Gasteiger partial charge in [0.1, 0.15) is 0 Å². The highest BCUT2D eigenvalue weighted by molar-refractivity contribution is 5.82. The summed E-state index contributed by atoms with van der Waals surface area (Å²) in [4.78, 5) is 28.1. The second-order valence-corrected chi connectivity index (χ2v) is 6.54. The van der Waals surface area contributed by atoms with Crippen LogP contribution in [-0.2, 0) is 9.59 Å². The molecule has 1 aliphatic heterocycles. The smallest absolute Gasteiger partial charge is 0.256 e. The van der Waals surface area contributed by atoms with E-state index in [1.165, 1.54) is 0 Å². The molecule has 1 unspecified atom stereocenters. The maximum atomic E-state index is 12.7. The lowest BCUT2D eigenvalue weighted by molar-refractivity contribution is -0.143. The molecule has 1 aromatic rings. The van der Waals surface area contributed by atoms with Crippen LogP contribution in [0.25, 0.3) is 0 Å². The Morgan fingerprint density at radius 3 is 2.57 bits per heavy atom. The molecule has 124 valence electrons. The molecule has 1 saturated carbocycles. The summed E-state index contributed by atoms with van der Waals surface area (Å²) in [6.07, 6.45) is 2.82. The van der Waals surface area contributed by atoms with Crippen LogP contribution < -0.4 is 0 Å².